The summed E-state index contributed by atoms with van der Waals surface area (Å²) in [6.45, 7) is 8.29. The number of rotatable bonds is 3. The molecule has 1 fully saturated rings. The molecule has 1 rings (SSSR count). The molecular formula is C9H16ClN3. The Balaban J connectivity index is 2.22. The first kappa shape index (κ1) is 10.8. The van der Waals surface area contributed by atoms with Gasteiger partial charge in [0, 0.05) is 32.7 Å². The molecule has 0 spiro atoms. The van der Waals surface area contributed by atoms with Crippen LogP contribution >= 0.6 is 11.6 Å². The minimum Gasteiger partial charge on any atom is -0.301 e. The largest absolute Gasteiger partial charge is 0.301 e. The van der Waals surface area contributed by atoms with Gasteiger partial charge >= 0.3 is 0 Å². The smallest absolute Gasteiger partial charge is 0.133 e. The summed E-state index contributed by atoms with van der Waals surface area (Å²) in [6.07, 6.45) is 0. The predicted octanol–water partition coefficient (Wildman–Crippen LogP) is 0.755. The van der Waals surface area contributed by atoms with Crippen molar-refractivity contribution in [3.63, 3.8) is 0 Å². The van der Waals surface area contributed by atoms with Crippen LogP contribution in [0.15, 0.2) is 0 Å². The van der Waals surface area contributed by atoms with Crippen LogP contribution in [0, 0.1) is 11.3 Å². The fraction of sp³-hybridized carbons (Fsp3) is 0.889. The molecular weight excluding hydrogens is 186 g/mol. The van der Waals surface area contributed by atoms with Crippen molar-refractivity contribution in [3.05, 3.63) is 0 Å². The highest BCUT2D eigenvalue weighted by atomic mass is 35.5. The SMILES string of the molecule is CCN1CCN(CC(Cl)C#N)CC1. The standard InChI is InChI=1S/C9H16ClN3/c1-2-12-3-5-13(6-4-12)8-9(10)7-11/h9H,2-6,8H2,1H3. The second-order valence-electron chi connectivity index (χ2n) is 3.33. The molecule has 1 atom stereocenters. The Morgan fingerprint density at radius 1 is 1.31 bits per heavy atom. The van der Waals surface area contributed by atoms with E-state index in [1.54, 1.807) is 0 Å². The van der Waals surface area contributed by atoms with Gasteiger partial charge in [-0.1, -0.05) is 6.92 Å². The molecule has 0 aromatic heterocycles. The Hall–Kier alpha value is -0.300. The van der Waals surface area contributed by atoms with Gasteiger partial charge in [-0.3, -0.25) is 4.90 Å². The summed E-state index contributed by atoms with van der Waals surface area (Å²) < 4.78 is 0. The van der Waals surface area contributed by atoms with Crippen molar-refractivity contribution in [2.24, 2.45) is 0 Å². The lowest BCUT2D eigenvalue weighted by Crippen LogP contribution is -2.47. The number of piperazine rings is 1. The summed E-state index contributed by atoms with van der Waals surface area (Å²) in [5.74, 6) is 0. The molecule has 1 aliphatic heterocycles. The number of nitrogens with zero attached hydrogens (tertiary/aromatic N) is 3. The Morgan fingerprint density at radius 3 is 2.31 bits per heavy atom. The fourth-order valence-electron chi connectivity index (χ4n) is 1.56. The van der Waals surface area contributed by atoms with Gasteiger partial charge in [-0.05, 0) is 6.54 Å². The molecule has 0 aliphatic carbocycles. The number of likely N-dealkylation sites (N-methyl/N-ethyl adjacent to an activating group) is 1. The zero-order valence-corrected chi connectivity index (χ0v) is 8.80. The van der Waals surface area contributed by atoms with Crippen LogP contribution < -0.4 is 0 Å². The Kier molecular flexibility index (Phi) is 4.51. The molecule has 0 radical (unpaired) electrons. The molecule has 0 aromatic rings. The van der Waals surface area contributed by atoms with Gasteiger partial charge in [0.2, 0.25) is 0 Å². The number of halogens is 1. The van der Waals surface area contributed by atoms with Crippen LogP contribution in [-0.2, 0) is 0 Å². The topological polar surface area (TPSA) is 30.3 Å². The molecule has 74 valence electrons. The van der Waals surface area contributed by atoms with Gasteiger partial charge in [0.25, 0.3) is 0 Å². The zero-order chi connectivity index (χ0) is 9.68. The van der Waals surface area contributed by atoms with Gasteiger partial charge in [0.05, 0.1) is 6.07 Å². The molecule has 0 amide bonds. The van der Waals surface area contributed by atoms with Gasteiger partial charge in [-0.2, -0.15) is 5.26 Å². The maximum absolute atomic E-state index is 8.54. The Bertz CT molecular complexity index is 182. The van der Waals surface area contributed by atoms with Crippen LogP contribution in [0.3, 0.4) is 0 Å². The summed E-state index contributed by atoms with van der Waals surface area (Å²) >= 11 is 5.75. The average Bonchev–Trinajstić information content (AvgIpc) is 2.19. The zero-order valence-electron chi connectivity index (χ0n) is 8.04. The third kappa shape index (κ3) is 3.51. The fourth-order valence-corrected chi connectivity index (χ4v) is 1.75. The highest BCUT2D eigenvalue weighted by molar-refractivity contribution is 6.22. The highest BCUT2D eigenvalue weighted by Crippen LogP contribution is 2.04. The number of alkyl halides is 1. The number of hydrogen-bond donors (Lipinski definition) is 0. The molecule has 1 heterocycles. The van der Waals surface area contributed by atoms with E-state index >= 15 is 0 Å². The third-order valence-corrected chi connectivity index (χ3v) is 2.71. The van der Waals surface area contributed by atoms with Crippen LogP contribution in [-0.4, -0.2) is 54.4 Å². The molecule has 1 saturated heterocycles. The highest BCUT2D eigenvalue weighted by Gasteiger charge is 2.17. The summed E-state index contributed by atoms with van der Waals surface area (Å²) in [4.78, 5) is 4.67. The minimum atomic E-state index is -0.354. The maximum Gasteiger partial charge on any atom is 0.133 e. The normalized spacial score (nSPS) is 22.5. The van der Waals surface area contributed by atoms with Crippen LogP contribution in [0.4, 0.5) is 0 Å². The quantitative estimate of drug-likeness (QED) is 0.632. The Labute approximate surface area is 84.9 Å². The van der Waals surface area contributed by atoms with Crippen LogP contribution in [0.5, 0.6) is 0 Å². The Morgan fingerprint density at radius 2 is 1.85 bits per heavy atom. The summed E-state index contributed by atoms with van der Waals surface area (Å²) in [5.41, 5.74) is 0. The van der Waals surface area contributed by atoms with Crippen molar-refractivity contribution in [1.29, 1.82) is 5.26 Å². The summed E-state index contributed by atoms with van der Waals surface area (Å²) in [5, 5.41) is 8.19. The summed E-state index contributed by atoms with van der Waals surface area (Å²) in [6, 6.07) is 2.05. The van der Waals surface area contributed by atoms with Gasteiger partial charge in [-0.15, -0.1) is 11.6 Å². The first-order chi connectivity index (χ1) is 6.26. The number of hydrogen-bond acceptors (Lipinski definition) is 3. The van der Waals surface area contributed by atoms with E-state index in [0.29, 0.717) is 6.54 Å². The molecule has 4 heteroatoms. The average molecular weight is 202 g/mol. The third-order valence-electron chi connectivity index (χ3n) is 2.47. The van der Waals surface area contributed by atoms with Crippen LogP contribution in [0.2, 0.25) is 0 Å². The van der Waals surface area contributed by atoms with E-state index in [0.717, 1.165) is 32.7 Å². The number of nitriles is 1. The molecule has 0 aromatic carbocycles. The van der Waals surface area contributed by atoms with E-state index in [9.17, 15) is 0 Å². The lowest BCUT2D eigenvalue weighted by Gasteiger charge is -2.34. The lowest BCUT2D eigenvalue weighted by molar-refractivity contribution is 0.140. The molecule has 3 nitrogen and oxygen atoms in total. The molecule has 13 heavy (non-hydrogen) atoms. The van der Waals surface area contributed by atoms with E-state index in [2.05, 4.69) is 16.7 Å². The molecule has 0 N–H and O–H groups in total. The molecule has 0 saturated carbocycles. The van der Waals surface area contributed by atoms with Crippen LogP contribution in [0.25, 0.3) is 0 Å². The van der Waals surface area contributed by atoms with Crippen molar-refractivity contribution in [2.45, 2.75) is 12.3 Å². The summed E-state index contributed by atoms with van der Waals surface area (Å²) in [7, 11) is 0. The van der Waals surface area contributed by atoms with Crippen molar-refractivity contribution < 1.29 is 0 Å². The van der Waals surface area contributed by atoms with Crippen molar-refractivity contribution in [3.8, 4) is 6.07 Å². The first-order valence-corrected chi connectivity index (χ1v) is 5.18. The molecule has 1 aliphatic rings. The minimum absolute atomic E-state index is 0.354. The maximum atomic E-state index is 8.54. The first-order valence-electron chi connectivity index (χ1n) is 4.74. The van der Waals surface area contributed by atoms with E-state index in [-0.39, 0.29) is 5.38 Å². The van der Waals surface area contributed by atoms with Gasteiger partial charge in [-0.25, -0.2) is 0 Å². The van der Waals surface area contributed by atoms with Crippen molar-refractivity contribution >= 4 is 11.6 Å². The van der Waals surface area contributed by atoms with E-state index in [1.165, 1.54) is 0 Å². The van der Waals surface area contributed by atoms with E-state index < -0.39 is 0 Å². The predicted molar refractivity (Wildman–Crippen MR) is 53.8 cm³/mol. The lowest BCUT2D eigenvalue weighted by atomic mass is 10.3. The van der Waals surface area contributed by atoms with Crippen molar-refractivity contribution in [1.82, 2.24) is 9.80 Å². The van der Waals surface area contributed by atoms with E-state index in [4.69, 9.17) is 16.9 Å². The monoisotopic (exact) mass is 201 g/mol. The molecule has 0 bridgehead atoms. The van der Waals surface area contributed by atoms with Crippen LogP contribution in [0.1, 0.15) is 6.92 Å². The van der Waals surface area contributed by atoms with Gasteiger partial charge < -0.3 is 4.90 Å². The second-order valence-corrected chi connectivity index (χ2v) is 3.86. The van der Waals surface area contributed by atoms with Gasteiger partial charge in [0.1, 0.15) is 5.38 Å². The van der Waals surface area contributed by atoms with Gasteiger partial charge in [0.15, 0.2) is 0 Å². The molecule has 1 unspecified atom stereocenters. The van der Waals surface area contributed by atoms with Crippen molar-refractivity contribution in [2.75, 3.05) is 39.3 Å². The second kappa shape index (κ2) is 5.43. The van der Waals surface area contributed by atoms with E-state index in [1.807, 2.05) is 6.07 Å².